The van der Waals surface area contributed by atoms with Gasteiger partial charge < -0.3 is 10.2 Å². The van der Waals surface area contributed by atoms with Crippen molar-refractivity contribution >= 4 is 23.0 Å². The second-order valence-electron chi connectivity index (χ2n) is 6.89. The molecular formula is C22H20N4O3. The van der Waals surface area contributed by atoms with Crippen molar-refractivity contribution in [3.05, 3.63) is 93.8 Å². The molecule has 29 heavy (non-hydrogen) atoms. The van der Waals surface area contributed by atoms with Gasteiger partial charge in [-0.1, -0.05) is 24.3 Å². The Kier molecular flexibility index (Phi) is 5.20. The monoisotopic (exact) mass is 388 g/mol. The molecule has 3 aromatic rings. The third kappa shape index (κ3) is 3.94. The van der Waals surface area contributed by atoms with Gasteiger partial charge in [0.05, 0.1) is 4.92 Å². The quantitative estimate of drug-likeness (QED) is 0.523. The van der Waals surface area contributed by atoms with Gasteiger partial charge in [0.15, 0.2) is 0 Å². The highest BCUT2D eigenvalue weighted by Crippen LogP contribution is 2.31. The van der Waals surface area contributed by atoms with E-state index < -0.39 is 4.92 Å². The number of nitro benzene ring substituents is 1. The number of amides is 1. The topological polar surface area (TPSA) is 88.4 Å². The molecule has 0 unspecified atom stereocenters. The van der Waals surface area contributed by atoms with Crippen molar-refractivity contribution in [2.24, 2.45) is 0 Å². The Morgan fingerprint density at radius 3 is 2.83 bits per heavy atom. The normalized spacial score (nSPS) is 12.9. The molecule has 0 atom stereocenters. The fourth-order valence-electron chi connectivity index (χ4n) is 3.57. The predicted molar refractivity (Wildman–Crippen MR) is 111 cm³/mol. The van der Waals surface area contributed by atoms with Crippen LogP contribution < -0.4 is 10.2 Å². The fraction of sp³-hybridized carbons (Fsp3) is 0.182. The van der Waals surface area contributed by atoms with Crippen LogP contribution in [0.15, 0.2) is 67.0 Å². The molecule has 1 aliphatic rings. The summed E-state index contributed by atoms with van der Waals surface area (Å²) < 4.78 is 0. The van der Waals surface area contributed by atoms with Crippen LogP contribution in [-0.2, 0) is 13.0 Å². The van der Waals surface area contributed by atoms with Gasteiger partial charge in [0.2, 0.25) is 0 Å². The minimum absolute atomic E-state index is 0.120. The predicted octanol–water partition coefficient (Wildman–Crippen LogP) is 4.19. The standard InChI is InChI=1S/C22H20N4O3/c27-22(25-12-4-7-17-6-1-2-8-20(17)25)18-9-10-19(21(13-18)26(28)29)24-15-16-5-3-11-23-14-16/h1-3,5-6,8-11,13-14,24H,4,7,12,15H2. The van der Waals surface area contributed by atoms with Gasteiger partial charge in [-0.2, -0.15) is 0 Å². The minimum atomic E-state index is -0.466. The lowest BCUT2D eigenvalue weighted by atomic mass is 10.0. The van der Waals surface area contributed by atoms with E-state index >= 15 is 0 Å². The van der Waals surface area contributed by atoms with Gasteiger partial charge >= 0.3 is 0 Å². The molecule has 1 amide bonds. The molecule has 2 aromatic carbocycles. The van der Waals surface area contributed by atoms with Crippen molar-refractivity contribution in [3.63, 3.8) is 0 Å². The van der Waals surface area contributed by atoms with Crippen LogP contribution in [0, 0.1) is 10.1 Å². The first-order valence-electron chi connectivity index (χ1n) is 9.44. The number of para-hydroxylation sites is 1. The Hall–Kier alpha value is -3.74. The van der Waals surface area contributed by atoms with Crippen LogP contribution in [0.25, 0.3) is 0 Å². The Morgan fingerprint density at radius 1 is 1.17 bits per heavy atom. The first kappa shape index (κ1) is 18.6. The van der Waals surface area contributed by atoms with Gasteiger partial charge in [-0.05, 0) is 48.2 Å². The summed E-state index contributed by atoms with van der Waals surface area (Å²) in [6, 6.07) is 16.1. The molecule has 146 valence electrons. The zero-order valence-electron chi connectivity index (χ0n) is 15.7. The molecule has 0 aliphatic carbocycles. The van der Waals surface area contributed by atoms with Crippen LogP contribution in [0.3, 0.4) is 0 Å². The molecule has 7 heteroatoms. The van der Waals surface area contributed by atoms with Gasteiger partial charge in [0.1, 0.15) is 5.69 Å². The first-order chi connectivity index (χ1) is 14.1. The number of carbonyl (C=O) groups excluding carboxylic acids is 1. The summed E-state index contributed by atoms with van der Waals surface area (Å²) in [5.41, 5.74) is 3.47. The number of hydrogen-bond acceptors (Lipinski definition) is 5. The molecule has 7 nitrogen and oxygen atoms in total. The molecule has 0 bridgehead atoms. The summed E-state index contributed by atoms with van der Waals surface area (Å²) in [7, 11) is 0. The maximum absolute atomic E-state index is 13.1. The smallest absolute Gasteiger partial charge is 0.293 e. The van der Waals surface area contributed by atoms with E-state index in [1.165, 1.54) is 6.07 Å². The van der Waals surface area contributed by atoms with E-state index in [0.29, 0.717) is 24.3 Å². The lowest BCUT2D eigenvalue weighted by molar-refractivity contribution is -0.384. The highest BCUT2D eigenvalue weighted by Gasteiger charge is 2.25. The number of nitrogens with one attached hydrogen (secondary N) is 1. The highest BCUT2D eigenvalue weighted by molar-refractivity contribution is 6.07. The molecule has 2 heterocycles. The number of carbonyl (C=O) groups is 1. The summed E-state index contributed by atoms with van der Waals surface area (Å²) in [5.74, 6) is -0.223. The summed E-state index contributed by atoms with van der Waals surface area (Å²) >= 11 is 0. The van der Waals surface area contributed by atoms with Gasteiger partial charge in [-0.25, -0.2) is 0 Å². The Bertz CT molecular complexity index is 1050. The average Bonchev–Trinajstić information content (AvgIpc) is 2.77. The Balaban J connectivity index is 1.60. The van der Waals surface area contributed by atoms with E-state index in [1.807, 2.05) is 36.4 Å². The Labute approximate surface area is 168 Å². The molecule has 0 saturated carbocycles. The molecule has 0 fully saturated rings. The number of hydrogen-bond donors (Lipinski definition) is 1. The van der Waals surface area contributed by atoms with Crippen molar-refractivity contribution in [1.82, 2.24) is 4.98 Å². The van der Waals surface area contributed by atoms with E-state index in [1.54, 1.807) is 29.4 Å². The summed E-state index contributed by atoms with van der Waals surface area (Å²) in [6.45, 7) is 1.01. The van der Waals surface area contributed by atoms with Gasteiger partial charge in [0, 0.05) is 42.8 Å². The molecular weight excluding hydrogens is 368 g/mol. The molecule has 0 saturated heterocycles. The van der Waals surface area contributed by atoms with Crippen LogP contribution in [0.1, 0.15) is 27.9 Å². The molecule has 1 aliphatic heterocycles. The number of rotatable bonds is 5. The number of nitrogens with zero attached hydrogens (tertiary/aromatic N) is 3. The number of nitro groups is 1. The molecule has 1 N–H and O–H groups in total. The number of benzene rings is 2. The maximum Gasteiger partial charge on any atom is 0.293 e. The van der Waals surface area contributed by atoms with Crippen molar-refractivity contribution in [2.45, 2.75) is 19.4 Å². The second kappa shape index (κ2) is 8.10. The van der Waals surface area contributed by atoms with E-state index in [0.717, 1.165) is 29.7 Å². The van der Waals surface area contributed by atoms with Gasteiger partial charge in [-0.3, -0.25) is 19.9 Å². The van der Waals surface area contributed by atoms with E-state index in [-0.39, 0.29) is 11.6 Å². The maximum atomic E-state index is 13.1. The fourth-order valence-corrected chi connectivity index (χ4v) is 3.57. The molecule has 1 aromatic heterocycles. The van der Waals surface area contributed by atoms with Crippen molar-refractivity contribution < 1.29 is 9.72 Å². The number of anilines is 2. The second-order valence-corrected chi connectivity index (χ2v) is 6.89. The molecule has 0 spiro atoms. The van der Waals surface area contributed by atoms with Crippen LogP contribution >= 0.6 is 0 Å². The SMILES string of the molecule is O=C(c1ccc(NCc2cccnc2)c([N+](=O)[O-])c1)N1CCCc2ccccc21. The first-order valence-corrected chi connectivity index (χ1v) is 9.44. The molecule has 0 radical (unpaired) electrons. The van der Waals surface area contributed by atoms with E-state index in [2.05, 4.69) is 10.3 Å². The van der Waals surface area contributed by atoms with Crippen LogP contribution in [-0.4, -0.2) is 22.4 Å². The number of aryl methyl sites for hydroxylation is 1. The summed E-state index contributed by atoms with van der Waals surface area (Å²) in [6.07, 6.45) is 5.17. The minimum Gasteiger partial charge on any atom is -0.375 e. The number of fused-ring (bicyclic) bond motifs is 1. The highest BCUT2D eigenvalue weighted by atomic mass is 16.6. The summed E-state index contributed by atoms with van der Waals surface area (Å²) in [4.78, 5) is 30.0. The largest absolute Gasteiger partial charge is 0.375 e. The van der Waals surface area contributed by atoms with Crippen molar-refractivity contribution in [3.8, 4) is 0 Å². The third-order valence-corrected chi connectivity index (χ3v) is 5.00. The van der Waals surface area contributed by atoms with Crippen LogP contribution in [0.2, 0.25) is 0 Å². The zero-order chi connectivity index (χ0) is 20.2. The van der Waals surface area contributed by atoms with E-state index in [9.17, 15) is 14.9 Å². The van der Waals surface area contributed by atoms with Crippen LogP contribution in [0.5, 0.6) is 0 Å². The van der Waals surface area contributed by atoms with Crippen molar-refractivity contribution in [2.75, 3.05) is 16.8 Å². The third-order valence-electron chi connectivity index (χ3n) is 5.00. The average molecular weight is 388 g/mol. The van der Waals surface area contributed by atoms with Gasteiger partial charge in [-0.15, -0.1) is 0 Å². The zero-order valence-corrected chi connectivity index (χ0v) is 15.7. The van der Waals surface area contributed by atoms with Crippen LogP contribution in [0.4, 0.5) is 17.1 Å². The number of pyridine rings is 1. The molecule has 4 rings (SSSR count). The van der Waals surface area contributed by atoms with Crippen molar-refractivity contribution in [1.29, 1.82) is 0 Å². The van der Waals surface area contributed by atoms with E-state index in [4.69, 9.17) is 0 Å². The summed E-state index contributed by atoms with van der Waals surface area (Å²) in [5, 5.41) is 14.7. The Morgan fingerprint density at radius 2 is 2.03 bits per heavy atom. The lowest BCUT2D eigenvalue weighted by Gasteiger charge is -2.29. The van der Waals surface area contributed by atoms with Gasteiger partial charge in [0.25, 0.3) is 11.6 Å². The number of aromatic nitrogens is 1. The lowest BCUT2D eigenvalue weighted by Crippen LogP contribution is -2.35.